The molecule has 0 unspecified atom stereocenters. The summed E-state index contributed by atoms with van der Waals surface area (Å²) < 4.78 is 4.54. The minimum atomic E-state index is -0.409. The van der Waals surface area contributed by atoms with E-state index in [9.17, 15) is 4.79 Å². The fourth-order valence-corrected chi connectivity index (χ4v) is 0.846. The molecule has 12 heavy (non-hydrogen) atoms. The molecule has 0 amide bonds. The summed E-state index contributed by atoms with van der Waals surface area (Å²) in [5.74, 6) is 5.09. The van der Waals surface area contributed by atoms with Gasteiger partial charge in [-0.1, -0.05) is 11.8 Å². The molecule has 0 aliphatic heterocycles. The first-order valence-corrected chi connectivity index (χ1v) is 3.47. The number of allylic oxidation sites excluding steroid dienone is 2. The molecule has 0 saturated carbocycles. The fourth-order valence-electron chi connectivity index (χ4n) is 0.846. The lowest BCUT2D eigenvalue weighted by Crippen LogP contribution is -2.10. The Morgan fingerprint density at radius 2 is 2.50 bits per heavy atom. The molecule has 0 saturated heterocycles. The highest BCUT2D eigenvalue weighted by molar-refractivity contribution is 5.90. The summed E-state index contributed by atoms with van der Waals surface area (Å²) in [7, 11) is 1.32. The Kier molecular flexibility index (Phi) is 2.54. The summed E-state index contributed by atoms with van der Waals surface area (Å²) in [6.45, 7) is 0. The number of carbonyl (C=O) groups excluding carboxylic acids is 1. The van der Waals surface area contributed by atoms with Crippen molar-refractivity contribution in [3.05, 3.63) is 23.4 Å². The van der Waals surface area contributed by atoms with Crippen LogP contribution < -0.4 is 5.73 Å². The molecule has 1 aliphatic carbocycles. The highest BCUT2D eigenvalue weighted by Gasteiger charge is 2.11. The predicted octanol–water partition coefficient (Wildman–Crippen LogP) is 0.336. The van der Waals surface area contributed by atoms with Crippen LogP contribution in [0.1, 0.15) is 6.42 Å². The second-order valence-electron chi connectivity index (χ2n) is 2.26. The van der Waals surface area contributed by atoms with Crippen molar-refractivity contribution >= 4 is 5.97 Å². The van der Waals surface area contributed by atoms with Gasteiger partial charge in [0.25, 0.3) is 0 Å². The number of hydrogen-bond acceptors (Lipinski definition) is 3. The van der Waals surface area contributed by atoms with Gasteiger partial charge in [-0.15, -0.1) is 0 Å². The highest BCUT2D eigenvalue weighted by Crippen LogP contribution is 2.09. The predicted molar refractivity (Wildman–Crippen MR) is 44.8 cm³/mol. The van der Waals surface area contributed by atoms with Crippen molar-refractivity contribution in [3.63, 3.8) is 0 Å². The standard InChI is InChI=1S/C9H9NO2/c1-12-9(11)7-5-3-2-4-6-8(7)10/h4,6H,5,10H2,1H3. The van der Waals surface area contributed by atoms with E-state index in [1.54, 1.807) is 12.2 Å². The Morgan fingerprint density at radius 3 is 3.17 bits per heavy atom. The van der Waals surface area contributed by atoms with Gasteiger partial charge in [0, 0.05) is 12.1 Å². The third kappa shape index (κ3) is 1.67. The second-order valence-corrected chi connectivity index (χ2v) is 2.26. The molecule has 0 fully saturated rings. The van der Waals surface area contributed by atoms with Crippen molar-refractivity contribution in [2.75, 3.05) is 7.11 Å². The average molecular weight is 163 g/mol. The van der Waals surface area contributed by atoms with Crippen LogP contribution in [-0.4, -0.2) is 13.1 Å². The third-order valence-corrected chi connectivity index (χ3v) is 1.49. The van der Waals surface area contributed by atoms with Gasteiger partial charge < -0.3 is 10.5 Å². The molecule has 1 rings (SSSR count). The number of methoxy groups -OCH3 is 1. The Bertz CT molecular complexity index is 315. The Balaban J connectivity index is 2.95. The van der Waals surface area contributed by atoms with Crippen LogP contribution in [0.5, 0.6) is 0 Å². The summed E-state index contributed by atoms with van der Waals surface area (Å²) in [6, 6.07) is 0. The van der Waals surface area contributed by atoms with E-state index in [0.29, 0.717) is 17.7 Å². The van der Waals surface area contributed by atoms with Gasteiger partial charge in [0.05, 0.1) is 12.7 Å². The van der Waals surface area contributed by atoms with Crippen molar-refractivity contribution in [2.24, 2.45) is 5.73 Å². The van der Waals surface area contributed by atoms with Crippen molar-refractivity contribution < 1.29 is 9.53 Å². The van der Waals surface area contributed by atoms with Gasteiger partial charge in [-0.2, -0.15) is 0 Å². The lowest BCUT2D eigenvalue weighted by atomic mass is 10.1. The lowest BCUT2D eigenvalue weighted by Gasteiger charge is -2.02. The molecule has 0 aromatic heterocycles. The second kappa shape index (κ2) is 3.63. The molecular formula is C9H9NO2. The number of rotatable bonds is 1. The SMILES string of the molecule is COC(=O)C1=C(N)C=CC#CC1. The first-order valence-electron chi connectivity index (χ1n) is 3.47. The minimum Gasteiger partial charge on any atom is -0.466 e. The molecule has 1 aliphatic rings. The maximum absolute atomic E-state index is 11.1. The molecule has 0 radical (unpaired) electrons. The van der Waals surface area contributed by atoms with E-state index >= 15 is 0 Å². The van der Waals surface area contributed by atoms with E-state index in [4.69, 9.17) is 5.73 Å². The molecule has 0 spiro atoms. The number of hydrogen-bond donors (Lipinski definition) is 1. The minimum absolute atomic E-state index is 0.353. The van der Waals surface area contributed by atoms with E-state index in [2.05, 4.69) is 16.6 Å². The Labute approximate surface area is 70.9 Å². The molecule has 0 aromatic rings. The molecule has 0 bridgehead atoms. The average Bonchev–Trinajstić information content (AvgIpc) is 2.28. The van der Waals surface area contributed by atoms with Gasteiger partial charge in [-0.25, -0.2) is 4.79 Å². The zero-order valence-corrected chi connectivity index (χ0v) is 6.76. The molecule has 62 valence electrons. The zero-order chi connectivity index (χ0) is 8.97. The molecule has 3 nitrogen and oxygen atoms in total. The molecule has 0 heterocycles. The van der Waals surface area contributed by atoms with Crippen LogP contribution >= 0.6 is 0 Å². The van der Waals surface area contributed by atoms with Gasteiger partial charge in [0.1, 0.15) is 0 Å². The topological polar surface area (TPSA) is 52.3 Å². The van der Waals surface area contributed by atoms with Crippen LogP contribution in [0.2, 0.25) is 0 Å². The number of carbonyl (C=O) groups is 1. The van der Waals surface area contributed by atoms with Gasteiger partial charge in [0.15, 0.2) is 0 Å². The van der Waals surface area contributed by atoms with Gasteiger partial charge in [0.2, 0.25) is 0 Å². The molecule has 0 atom stereocenters. The normalized spacial score (nSPS) is 14.8. The van der Waals surface area contributed by atoms with Crippen molar-refractivity contribution in [3.8, 4) is 11.8 Å². The maximum atomic E-state index is 11.1. The number of ether oxygens (including phenoxy) is 1. The zero-order valence-electron chi connectivity index (χ0n) is 6.76. The Morgan fingerprint density at radius 1 is 1.75 bits per heavy atom. The lowest BCUT2D eigenvalue weighted by molar-refractivity contribution is -0.136. The van der Waals surface area contributed by atoms with Gasteiger partial charge >= 0.3 is 5.97 Å². The van der Waals surface area contributed by atoms with Gasteiger partial charge in [-0.05, 0) is 12.2 Å². The van der Waals surface area contributed by atoms with Crippen LogP contribution in [0.15, 0.2) is 23.4 Å². The quantitative estimate of drug-likeness (QED) is 0.448. The van der Waals surface area contributed by atoms with Crippen molar-refractivity contribution in [2.45, 2.75) is 6.42 Å². The summed E-state index contributed by atoms with van der Waals surface area (Å²) in [5.41, 5.74) is 6.41. The molecule has 3 heteroatoms. The van der Waals surface area contributed by atoms with E-state index in [1.807, 2.05) is 0 Å². The van der Waals surface area contributed by atoms with Crippen molar-refractivity contribution in [1.82, 2.24) is 0 Å². The van der Waals surface area contributed by atoms with Crippen LogP contribution in [0.3, 0.4) is 0 Å². The fraction of sp³-hybridized carbons (Fsp3) is 0.222. The van der Waals surface area contributed by atoms with Gasteiger partial charge in [-0.3, -0.25) is 0 Å². The summed E-state index contributed by atoms with van der Waals surface area (Å²) in [5, 5.41) is 0. The van der Waals surface area contributed by atoms with Crippen molar-refractivity contribution in [1.29, 1.82) is 0 Å². The number of nitrogens with two attached hydrogens (primary N) is 1. The third-order valence-electron chi connectivity index (χ3n) is 1.49. The smallest absolute Gasteiger partial charge is 0.336 e. The Hall–Kier alpha value is -1.69. The number of esters is 1. The van der Waals surface area contributed by atoms with Crippen LogP contribution in [0.25, 0.3) is 0 Å². The first-order chi connectivity index (χ1) is 5.75. The van der Waals surface area contributed by atoms with E-state index in [1.165, 1.54) is 7.11 Å². The maximum Gasteiger partial charge on any atom is 0.336 e. The van der Waals surface area contributed by atoms with E-state index < -0.39 is 5.97 Å². The van der Waals surface area contributed by atoms with Crippen LogP contribution in [-0.2, 0) is 9.53 Å². The van der Waals surface area contributed by atoms with E-state index in [0.717, 1.165) is 0 Å². The molecule has 0 aromatic carbocycles. The van der Waals surface area contributed by atoms with Crippen LogP contribution in [0, 0.1) is 11.8 Å². The summed E-state index contributed by atoms with van der Waals surface area (Å²) in [4.78, 5) is 11.1. The van der Waals surface area contributed by atoms with E-state index in [-0.39, 0.29) is 0 Å². The molecule has 2 N–H and O–H groups in total. The first kappa shape index (κ1) is 8.41. The highest BCUT2D eigenvalue weighted by atomic mass is 16.5. The molecular weight excluding hydrogens is 154 g/mol. The summed E-state index contributed by atoms with van der Waals surface area (Å²) >= 11 is 0. The van der Waals surface area contributed by atoms with Crippen LogP contribution in [0.4, 0.5) is 0 Å². The monoisotopic (exact) mass is 163 g/mol. The summed E-state index contributed by atoms with van der Waals surface area (Å²) in [6.07, 6.45) is 3.57. The largest absolute Gasteiger partial charge is 0.466 e.